The van der Waals surface area contributed by atoms with Gasteiger partial charge in [-0.05, 0) is 24.1 Å². The van der Waals surface area contributed by atoms with Gasteiger partial charge in [-0.3, -0.25) is 9.59 Å². The predicted molar refractivity (Wildman–Crippen MR) is 91.8 cm³/mol. The molecule has 0 fully saturated rings. The molecule has 122 valence electrons. The molecule has 0 saturated carbocycles. The molecule has 0 atom stereocenters. The molecule has 2 aromatic rings. The third-order valence-corrected chi connectivity index (χ3v) is 4.37. The normalized spacial score (nSPS) is 10.4. The Morgan fingerprint density at radius 3 is 2.83 bits per heavy atom. The van der Waals surface area contributed by atoms with Crippen molar-refractivity contribution in [2.45, 2.75) is 13.3 Å². The average molecular weight is 353 g/mol. The number of halogens is 1. The Morgan fingerprint density at radius 2 is 2.13 bits per heavy atom. The van der Waals surface area contributed by atoms with Crippen molar-refractivity contribution in [2.24, 2.45) is 5.73 Å². The third-order valence-electron chi connectivity index (χ3n) is 3.05. The van der Waals surface area contributed by atoms with Crippen LogP contribution in [0.2, 0.25) is 5.02 Å². The summed E-state index contributed by atoms with van der Waals surface area (Å²) < 4.78 is 0. The lowest BCUT2D eigenvalue weighted by atomic mass is 10.1. The summed E-state index contributed by atoms with van der Waals surface area (Å²) in [6.07, 6.45) is 2.41. The van der Waals surface area contributed by atoms with Crippen LogP contribution in [0, 0.1) is 6.92 Å². The minimum Gasteiger partial charge on any atom is -0.346 e. The maximum Gasteiger partial charge on any atom is 0.245 e. The molecule has 0 unspecified atom stereocenters. The number of nitrogens with zero attached hydrogens (tertiary/aromatic N) is 1. The highest BCUT2D eigenvalue weighted by Gasteiger charge is 2.09. The van der Waals surface area contributed by atoms with Gasteiger partial charge in [0.1, 0.15) is 0 Å². The first-order valence-electron chi connectivity index (χ1n) is 6.94. The molecule has 0 aliphatic carbocycles. The molecular formula is C15H17ClN4O2S. The monoisotopic (exact) mass is 352 g/mol. The van der Waals surface area contributed by atoms with E-state index in [9.17, 15) is 9.59 Å². The molecular weight excluding hydrogens is 336 g/mol. The minimum atomic E-state index is -0.378. The van der Waals surface area contributed by atoms with Crippen molar-refractivity contribution in [3.05, 3.63) is 45.4 Å². The van der Waals surface area contributed by atoms with Gasteiger partial charge in [0.05, 0.1) is 13.1 Å². The van der Waals surface area contributed by atoms with E-state index in [0.29, 0.717) is 11.6 Å². The summed E-state index contributed by atoms with van der Waals surface area (Å²) in [5, 5.41) is 6.26. The van der Waals surface area contributed by atoms with Crippen LogP contribution in [0.3, 0.4) is 0 Å². The highest BCUT2D eigenvalue weighted by Crippen LogP contribution is 2.23. The van der Waals surface area contributed by atoms with E-state index in [2.05, 4.69) is 15.6 Å². The highest BCUT2D eigenvalue weighted by molar-refractivity contribution is 7.15. The van der Waals surface area contributed by atoms with Gasteiger partial charge >= 0.3 is 0 Å². The summed E-state index contributed by atoms with van der Waals surface area (Å²) >= 11 is 7.50. The Morgan fingerprint density at radius 1 is 1.35 bits per heavy atom. The summed E-state index contributed by atoms with van der Waals surface area (Å²) in [5.74, 6) is -0.720. The van der Waals surface area contributed by atoms with Crippen molar-refractivity contribution in [3.63, 3.8) is 0 Å². The third kappa shape index (κ3) is 5.31. The summed E-state index contributed by atoms with van der Waals surface area (Å²) in [4.78, 5) is 27.8. The van der Waals surface area contributed by atoms with Gasteiger partial charge in [-0.25, -0.2) is 4.98 Å². The second kappa shape index (κ2) is 8.05. The Hall–Kier alpha value is -1.96. The molecule has 8 heteroatoms. The van der Waals surface area contributed by atoms with Crippen molar-refractivity contribution in [1.82, 2.24) is 10.3 Å². The number of carbonyl (C=O) groups is 2. The Labute approximate surface area is 143 Å². The Bertz CT molecular complexity index is 717. The number of carbonyl (C=O) groups excluding carboxylic acids is 2. The van der Waals surface area contributed by atoms with Gasteiger partial charge in [0.2, 0.25) is 11.8 Å². The molecule has 1 heterocycles. The fourth-order valence-electron chi connectivity index (χ4n) is 1.81. The number of aryl methyl sites for hydroxylation is 1. The number of hydrogen-bond acceptors (Lipinski definition) is 5. The number of aromatic nitrogens is 1. The molecule has 0 bridgehead atoms. The molecule has 0 aliphatic rings. The highest BCUT2D eigenvalue weighted by atomic mass is 35.5. The molecule has 0 saturated heterocycles. The van der Waals surface area contributed by atoms with Crippen LogP contribution in [0.25, 0.3) is 0 Å². The van der Waals surface area contributed by atoms with E-state index in [1.807, 2.05) is 25.1 Å². The molecule has 6 nitrogen and oxygen atoms in total. The molecule has 0 radical (unpaired) electrons. The lowest BCUT2D eigenvalue weighted by molar-refractivity contribution is -0.123. The quantitative estimate of drug-likeness (QED) is 0.737. The van der Waals surface area contributed by atoms with Gasteiger partial charge < -0.3 is 16.4 Å². The molecule has 4 N–H and O–H groups in total. The number of rotatable bonds is 6. The maximum atomic E-state index is 11.7. The van der Waals surface area contributed by atoms with E-state index in [0.717, 1.165) is 21.0 Å². The first kappa shape index (κ1) is 17.4. The number of anilines is 1. The number of thiazole rings is 1. The van der Waals surface area contributed by atoms with E-state index < -0.39 is 0 Å². The van der Waals surface area contributed by atoms with Gasteiger partial charge in [0.25, 0.3) is 0 Å². The molecule has 23 heavy (non-hydrogen) atoms. The number of benzene rings is 1. The van der Waals surface area contributed by atoms with E-state index in [1.54, 1.807) is 6.20 Å². The SMILES string of the molecule is Cc1ccc(Cc2cnc(NC(=O)CNC(=O)CN)s2)cc1Cl. The summed E-state index contributed by atoms with van der Waals surface area (Å²) in [7, 11) is 0. The minimum absolute atomic E-state index is 0.126. The molecule has 0 spiro atoms. The number of nitrogens with one attached hydrogen (secondary N) is 2. The van der Waals surface area contributed by atoms with Gasteiger partial charge in [0, 0.05) is 22.5 Å². The van der Waals surface area contributed by atoms with Crippen molar-refractivity contribution in [3.8, 4) is 0 Å². The molecule has 2 rings (SSSR count). The fourth-order valence-corrected chi connectivity index (χ4v) is 2.88. The van der Waals surface area contributed by atoms with Crippen molar-refractivity contribution in [2.75, 3.05) is 18.4 Å². The smallest absolute Gasteiger partial charge is 0.245 e. The van der Waals surface area contributed by atoms with Crippen molar-refractivity contribution < 1.29 is 9.59 Å². The van der Waals surface area contributed by atoms with Crippen LogP contribution in [0.5, 0.6) is 0 Å². The van der Waals surface area contributed by atoms with Crippen LogP contribution in [0.15, 0.2) is 24.4 Å². The molecule has 1 aromatic heterocycles. The van der Waals surface area contributed by atoms with Gasteiger partial charge in [0.15, 0.2) is 5.13 Å². The zero-order valence-electron chi connectivity index (χ0n) is 12.6. The zero-order chi connectivity index (χ0) is 16.8. The van der Waals surface area contributed by atoms with Gasteiger partial charge in [-0.15, -0.1) is 11.3 Å². The lowest BCUT2D eigenvalue weighted by Gasteiger charge is -2.03. The lowest BCUT2D eigenvalue weighted by Crippen LogP contribution is -2.36. The molecule has 1 aromatic carbocycles. The van der Waals surface area contributed by atoms with E-state index in [4.69, 9.17) is 17.3 Å². The van der Waals surface area contributed by atoms with Gasteiger partial charge in [-0.2, -0.15) is 0 Å². The topological polar surface area (TPSA) is 97.1 Å². The zero-order valence-corrected chi connectivity index (χ0v) is 14.1. The summed E-state index contributed by atoms with van der Waals surface area (Å²) in [6.45, 7) is 1.68. The van der Waals surface area contributed by atoms with Crippen LogP contribution in [0.1, 0.15) is 16.0 Å². The van der Waals surface area contributed by atoms with Crippen LogP contribution >= 0.6 is 22.9 Å². The van der Waals surface area contributed by atoms with E-state index in [-0.39, 0.29) is 24.9 Å². The predicted octanol–water partition coefficient (Wildman–Crippen LogP) is 1.71. The maximum absolute atomic E-state index is 11.7. The number of nitrogens with two attached hydrogens (primary N) is 1. The first-order chi connectivity index (χ1) is 11.0. The average Bonchev–Trinajstić information content (AvgIpc) is 2.95. The van der Waals surface area contributed by atoms with Crippen molar-refractivity contribution >= 4 is 39.9 Å². The standard InChI is InChI=1S/C15H17ClN4O2S/c1-9-2-3-10(5-12(9)16)4-11-7-19-15(23-11)20-14(22)8-18-13(21)6-17/h2-3,5,7H,4,6,8,17H2,1H3,(H,18,21)(H,19,20,22). The second-order valence-corrected chi connectivity index (χ2v) is 6.44. The van der Waals surface area contributed by atoms with E-state index in [1.165, 1.54) is 11.3 Å². The molecule has 0 aliphatic heterocycles. The Balaban J connectivity index is 1.91. The van der Waals surface area contributed by atoms with Crippen LogP contribution in [-0.2, 0) is 16.0 Å². The van der Waals surface area contributed by atoms with Gasteiger partial charge in [-0.1, -0.05) is 23.7 Å². The summed E-state index contributed by atoms with van der Waals surface area (Å²) in [6, 6.07) is 5.92. The summed E-state index contributed by atoms with van der Waals surface area (Å²) in [5.41, 5.74) is 7.26. The van der Waals surface area contributed by atoms with Crippen LogP contribution in [-0.4, -0.2) is 29.9 Å². The number of hydrogen-bond donors (Lipinski definition) is 3. The van der Waals surface area contributed by atoms with Crippen LogP contribution < -0.4 is 16.4 Å². The largest absolute Gasteiger partial charge is 0.346 e. The van der Waals surface area contributed by atoms with Crippen LogP contribution in [0.4, 0.5) is 5.13 Å². The van der Waals surface area contributed by atoms with E-state index >= 15 is 0 Å². The fraction of sp³-hybridized carbons (Fsp3) is 0.267. The number of amides is 2. The second-order valence-electron chi connectivity index (χ2n) is 4.92. The Kier molecular flexibility index (Phi) is 6.09. The molecule has 2 amide bonds. The van der Waals surface area contributed by atoms with Crippen molar-refractivity contribution in [1.29, 1.82) is 0 Å². The first-order valence-corrected chi connectivity index (χ1v) is 8.13.